The van der Waals surface area contributed by atoms with Gasteiger partial charge in [-0.15, -0.1) is 0 Å². The van der Waals surface area contributed by atoms with Gasteiger partial charge in [0.1, 0.15) is 0 Å². The SMILES string of the molecule is CC(C)(CCO)NC(=O)c1ccnc(CN)c1. The van der Waals surface area contributed by atoms with Crippen molar-refractivity contribution in [3.05, 3.63) is 29.6 Å². The smallest absolute Gasteiger partial charge is 0.251 e. The predicted octanol–water partition coefficient (Wildman–Crippen LogP) is 0.431. The van der Waals surface area contributed by atoms with E-state index in [1.807, 2.05) is 13.8 Å². The van der Waals surface area contributed by atoms with E-state index in [2.05, 4.69) is 10.3 Å². The van der Waals surface area contributed by atoms with E-state index in [9.17, 15) is 4.79 Å². The standard InChI is InChI=1S/C12H19N3O2/c1-12(2,4-6-16)15-11(17)9-3-5-14-10(7-9)8-13/h3,5,7,16H,4,6,8,13H2,1-2H3,(H,15,17). The molecule has 0 atom stereocenters. The molecule has 0 bridgehead atoms. The fraction of sp³-hybridized carbons (Fsp3) is 0.500. The summed E-state index contributed by atoms with van der Waals surface area (Å²) in [5.41, 5.74) is 6.25. The molecule has 1 rings (SSSR count). The first-order valence-electron chi connectivity index (χ1n) is 5.57. The van der Waals surface area contributed by atoms with Crippen molar-refractivity contribution in [2.45, 2.75) is 32.4 Å². The molecule has 0 radical (unpaired) electrons. The van der Waals surface area contributed by atoms with Gasteiger partial charge in [-0.25, -0.2) is 0 Å². The number of hydrogen-bond acceptors (Lipinski definition) is 4. The molecule has 0 aliphatic carbocycles. The zero-order valence-electron chi connectivity index (χ0n) is 10.2. The minimum absolute atomic E-state index is 0.0394. The summed E-state index contributed by atoms with van der Waals surface area (Å²) in [5, 5.41) is 11.7. The maximum absolute atomic E-state index is 11.9. The summed E-state index contributed by atoms with van der Waals surface area (Å²) in [6.45, 7) is 4.08. The second-order valence-electron chi connectivity index (χ2n) is 4.55. The average Bonchev–Trinajstić information content (AvgIpc) is 2.28. The van der Waals surface area contributed by atoms with Gasteiger partial charge in [0.25, 0.3) is 5.91 Å². The largest absolute Gasteiger partial charge is 0.396 e. The van der Waals surface area contributed by atoms with Crippen molar-refractivity contribution in [2.24, 2.45) is 5.73 Å². The lowest BCUT2D eigenvalue weighted by Crippen LogP contribution is -2.44. The first-order valence-corrected chi connectivity index (χ1v) is 5.57. The van der Waals surface area contributed by atoms with Crippen LogP contribution in [0.25, 0.3) is 0 Å². The molecule has 0 aliphatic heterocycles. The number of pyridine rings is 1. The highest BCUT2D eigenvalue weighted by molar-refractivity contribution is 5.94. The molecule has 4 N–H and O–H groups in total. The summed E-state index contributed by atoms with van der Waals surface area (Å²) in [7, 11) is 0. The Kier molecular flexibility index (Phi) is 4.60. The monoisotopic (exact) mass is 237 g/mol. The molecular formula is C12H19N3O2. The summed E-state index contributed by atoms with van der Waals surface area (Å²) in [4.78, 5) is 16.0. The minimum Gasteiger partial charge on any atom is -0.396 e. The molecule has 0 unspecified atom stereocenters. The number of aromatic nitrogens is 1. The number of aliphatic hydroxyl groups excluding tert-OH is 1. The fourth-order valence-electron chi connectivity index (χ4n) is 1.45. The average molecular weight is 237 g/mol. The van der Waals surface area contributed by atoms with Crippen molar-refractivity contribution in [2.75, 3.05) is 6.61 Å². The topological polar surface area (TPSA) is 88.2 Å². The van der Waals surface area contributed by atoms with Crippen molar-refractivity contribution in [1.29, 1.82) is 0 Å². The Morgan fingerprint density at radius 3 is 2.88 bits per heavy atom. The molecule has 1 amide bonds. The Morgan fingerprint density at radius 2 is 2.29 bits per heavy atom. The van der Waals surface area contributed by atoms with Crippen LogP contribution in [0.4, 0.5) is 0 Å². The molecule has 5 nitrogen and oxygen atoms in total. The number of carbonyl (C=O) groups is 1. The lowest BCUT2D eigenvalue weighted by molar-refractivity contribution is 0.0899. The molecule has 1 heterocycles. The minimum atomic E-state index is -0.433. The summed E-state index contributed by atoms with van der Waals surface area (Å²) < 4.78 is 0. The number of nitrogens with zero attached hydrogens (tertiary/aromatic N) is 1. The summed E-state index contributed by atoms with van der Waals surface area (Å²) in [6, 6.07) is 3.31. The van der Waals surface area contributed by atoms with Crippen molar-refractivity contribution in [1.82, 2.24) is 10.3 Å². The second kappa shape index (κ2) is 5.75. The Bertz CT molecular complexity index is 391. The molecule has 0 aromatic carbocycles. The molecule has 1 aromatic rings. The van der Waals surface area contributed by atoms with Gasteiger partial charge in [-0.05, 0) is 32.4 Å². The fourth-order valence-corrected chi connectivity index (χ4v) is 1.45. The Hall–Kier alpha value is -1.46. The van der Waals surface area contributed by atoms with Gasteiger partial charge in [0.2, 0.25) is 0 Å². The molecule has 1 aromatic heterocycles. The van der Waals surface area contributed by atoms with Gasteiger partial charge in [-0.3, -0.25) is 9.78 Å². The van der Waals surface area contributed by atoms with Gasteiger partial charge >= 0.3 is 0 Å². The highest BCUT2D eigenvalue weighted by Crippen LogP contribution is 2.10. The number of nitrogens with two attached hydrogens (primary N) is 1. The van der Waals surface area contributed by atoms with E-state index in [1.54, 1.807) is 18.3 Å². The maximum Gasteiger partial charge on any atom is 0.251 e. The van der Waals surface area contributed by atoms with E-state index >= 15 is 0 Å². The first kappa shape index (κ1) is 13.6. The molecular weight excluding hydrogens is 218 g/mol. The van der Waals surface area contributed by atoms with E-state index in [-0.39, 0.29) is 12.5 Å². The van der Waals surface area contributed by atoms with Crippen LogP contribution in [-0.4, -0.2) is 28.1 Å². The summed E-state index contributed by atoms with van der Waals surface area (Å²) >= 11 is 0. The highest BCUT2D eigenvalue weighted by Gasteiger charge is 2.20. The Labute approximate surface area is 101 Å². The van der Waals surface area contributed by atoms with Crippen molar-refractivity contribution in [3.63, 3.8) is 0 Å². The van der Waals surface area contributed by atoms with Gasteiger partial charge in [-0.1, -0.05) is 0 Å². The molecule has 0 saturated carbocycles. The molecule has 5 heteroatoms. The Balaban J connectivity index is 2.75. The summed E-state index contributed by atoms with van der Waals surface area (Å²) in [5.74, 6) is -0.180. The van der Waals surface area contributed by atoms with Crippen LogP contribution in [0.2, 0.25) is 0 Å². The zero-order valence-corrected chi connectivity index (χ0v) is 10.2. The van der Waals surface area contributed by atoms with E-state index < -0.39 is 5.54 Å². The van der Waals surface area contributed by atoms with Crippen LogP contribution in [0.3, 0.4) is 0 Å². The van der Waals surface area contributed by atoms with Gasteiger partial charge in [0.05, 0.1) is 5.69 Å². The molecule has 0 fully saturated rings. The maximum atomic E-state index is 11.9. The van der Waals surface area contributed by atoms with E-state index in [0.717, 1.165) is 0 Å². The summed E-state index contributed by atoms with van der Waals surface area (Å²) in [6.07, 6.45) is 2.07. The molecule has 0 spiro atoms. The number of rotatable bonds is 5. The van der Waals surface area contributed by atoms with Crippen LogP contribution in [0.1, 0.15) is 36.3 Å². The van der Waals surface area contributed by atoms with Gasteiger partial charge < -0.3 is 16.2 Å². The molecule has 0 aliphatic rings. The number of carbonyl (C=O) groups excluding carboxylic acids is 1. The second-order valence-corrected chi connectivity index (χ2v) is 4.55. The van der Waals surface area contributed by atoms with Crippen LogP contribution >= 0.6 is 0 Å². The van der Waals surface area contributed by atoms with Gasteiger partial charge in [-0.2, -0.15) is 0 Å². The number of aliphatic hydroxyl groups is 1. The molecule has 17 heavy (non-hydrogen) atoms. The lowest BCUT2D eigenvalue weighted by Gasteiger charge is -2.25. The number of amides is 1. The third-order valence-corrected chi connectivity index (χ3v) is 2.48. The van der Waals surface area contributed by atoms with Crippen LogP contribution in [0.15, 0.2) is 18.3 Å². The van der Waals surface area contributed by atoms with E-state index in [0.29, 0.717) is 24.2 Å². The quantitative estimate of drug-likeness (QED) is 0.693. The van der Waals surface area contributed by atoms with Crippen LogP contribution in [0.5, 0.6) is 0 Å². The number of hydrogen-bond donors (Lipinski definition) is 3. The lowest BCUT2D eigenvalue weighted by atomic mass is 10.0. The van der Waals surface area contributed by atoms with Crippen LogP contribution in [-0.2, 0) is 6.54 Å². The predicted molar refractivity (Wildman–Crippen MR) is 65.4 cm³/mol. The van der Waals surface area contributed by atoms with Crippen molar-refractivity contribution >= 4 is 5.91 Å². The van der Waals surface area contributed by atoms with Crippen molar-refractivity contribution < 1.29 is 9.90 Å². The third-order valence-electron chi connectivity index (χ3n) is 2.48. The van der Waals surface area contributed by atoms with Crippen LogP contribution in [0, 0.1) is 0 Å². The van der Waals surface area contributed by atoms with E-state index in [4.69, 9.17) is 10.8 Å². The highest BCUT2D eigenvalue weighted by atomic mass is 16.3. The normalized spacial score (nSPS) is 11.3. The van der Waals surface area contributed by atoms with Crippen molar-refractivity contribution in [3.8, 4) is 0 Å². The molecule has 94 valence electrons. The third kappa shape index (κ3) is 4.13. The first-order chi connectivity index (χ1) is 7.98. The van der Waals surface area contributed by atoms with Gasteiger partial charge in [0.15, 0.2) is 0 Å². The van der Waals surface area contributed by atoms with Crippen LogP contribution < -0.4 is 11.1 Å². The molecule has 0 saturated heterocycles. The van der Waals surface area contributed by atoms with E-state index in [1.165, 1.54) is 0 Å². The Morgan fingerprint density at radius 1 is 1.59 bits per heavy atom. The zero-order chi connectivity index (χ0) is 12.9. The van der Waals surface area contributed by atoms with Gasteiger partial charge in [0, 0.05) is 30.5 Å². The number of nitrogens with one attached hydrogen (secondary N) is 1.